The molecule has 0 bridgehead atoms. The number of halogens is 2. The predicted molar refractivity (Wildman–Crippen MR) is 76.1 cm³/mol. The van der Waals surface area contributed by atoms with E-state index in [0.717, 1.165) is 0 Å². The van der Waals surface area contributed by atoms with Crippen LogP contribution in [0.15, 0.2) is 48.5 Å². The fourth-order valence-corrected chi connectivity index (χ4v) is 1.74. The molecule has 0 heterocycles. The van der Waals surface area contributed by atoms with E-state index < -0.39 is 30.1 Å². The van der Waals surface area contributed by atoms with E-state index in [1.54, 1.807) is 12.1 Å². The Balaban J connectivity index is 1.82. The molecule has 0 unspecified atom stereocenters. The van der Waals surface area contributed by atoms with Crippen molar-refractivity contribution >= 4 is 17.6 Å². The number of ether oxygens (including phenoxy) is 1. The van der Waals surface area contributed by atoms with E-state index in [0.29, 0.717) is 0 Å². The molecule has 0 aromatic heterocycles. The molecule has 1 amide bonds. The summed E-state index contributed by atoms with van der Waals surface area (Å²) in [5.41, 5.74) is 0.180. The lowest BCUT2D eigenvalue weighted by molar-refractivity contribution is -0.146. The molecular weight excluding hydrogens is 292 g/mol. The zero-order valence-electron chi connectivity index (χ0n) is 11.5. The molecule has 6 heteroatoms. The Morgan fingerprint density at radius 3 is 2.27 bits per heavy atom. The zero-order valence-corrected chi connectivity index (χ0v) is 11.5. The number of hydrogen-bond acceptors (Lipinski definition) is 3. The molecule has 2 rings (SSSR count). The average Bonchev–Trinajstić information content (AvgIpc) is 2.50. The highest BCUT2D eigenvalue weighted by Crippen LogP contribution is 2.12. The Hall–Kier alpha value is -2.76. The highest BCUT2D eigenvalue weighted by molar-refractivity contribution is 5.93. The van der Waals surface area contributed by atoms with Crippen molar-refractivity contribution in [1.82, 2.24) is 0 Å². The average molecular weight is 305 g/mol. The van der Waals surface area contributed by atoms with E-state index in [-0.39, 0.29) is 17.7 Å². The van der Waals surface area contributed by atoms with E-state index >= 15 is 0 Å². The summed E-state index contributed by atoms with van der Waals surface area (Å²) in [6, 6.07) is 11.4. The first-order chi connectivity index (χ1) is 10.6. The van der Waals surface area contributed by atoms with E-state index in [4.69, 9.17) is 4.74 Å². The van der Waals surface area contributed by atoms with Gasteiger partial charge in [0, 0.05) is 0 Å². The number of anilines is 1. The number of esters is 1. The van der Waals surface area contributed by atoms with Crippen LogP contribution in [0.25, 0.3) is 0 Å². The van der Waals surface area contributed by atoms with Crippen molar-refractivity contribution < 1.29 is 23.1 Å². The van der Waals surface area contributed by atoms with Gasteiger partial charge in [-0.1, -0.05) is 30.3 Å². The van der Waals surface area contributed by atoms with E-state index in [1.807, 2.05) is 0 Å². The molecule has 0 atom stereocenters. The van der Waals surface area contributed by atoms with Crippen LogP contribution in [-0.4, -0.2) is 18.5 Å². The molecule has 0 aliphatic heterocycles. The molecule has 0 saturated heterocycles. The van der Waals surface area contributed by atoms with Crippen LogP contribution in [0.4, 0.5) is 14.5 Å². The van der Waals surface area contributed by atoms with Gasteiger partial charge < -0.3 is 10.1 Å². The first-order valence-electron chi connectivity index (χ1n) is 6.49. The summed E-state index contributed by atoms with van der Waals surface area (Å²) in [5.74, 6) is -2.52. The molecule has 0 spiro atoms. The summed E-state index contributed by atoms with van der Waals surface area (Å²) in [5, 5.41) is 2.28. The van der Waals surface area contributed by atoms with Crippen molar-refractivity contribution in [2.45, 2.75) is 6.42 Å². The monoisotopic (exact) mass is 305 g/mol. The minimum atomic E-state index is -0.742. The predicted octanol–water partition coefficient (Wildman–Crippen LogP) is 2.69. The Morgan fingerprint density at radius 2 is 1.59 bits per heavy atom. The second kappa shape index (κ2) is 7.31. The number of nitrogens with one attached hydrogen (secondary N) is 1. The highest BCUT2D eigenvalue weighted by atomic mass is 19.1. The van der Waals surface area contributed by atoms with Crippen molar-refractivity contribution in [2.24, 2.45) is 0 Å². The zero-order chi connectivity index (χ0) is 15.9. The SMILES string of the molecule is O=C(COC(=O)Cc1ccccc1F)Nc1ccccc1F. The minimum absolute atomic E-state index is 0.00217. The Kier molecular flexibility index (Phi) is 5.19. The molecule has 4 nitrogen and oxygen atoms in total. The number of carbonyl (C=O) groups excluding carboxylic acids is 2. The fourth-order valence-electron chi connectivity index (χ4n) is 1.74. The van der Waals surface area contributed by atoms with Gasteiger partial charge in [0.15, 0.2) is 6.61 Å². The van der Waals surface area contributed by atoms with Gasteiger partial charge in [0.25, 0.3) is 5.91 Å². The number of rotatable bonds is 5. The molecule has 1 N–H and O–H groups in total. The van der Waals surface area contributed by atoms with E-state index in [1.165, 1.54) is 36.4 Å². The van der Waals surface area contributed by atoms with Gasteiger partial charge in [-0.2, -0.15) is 0 Å². The van der Waals surface area contributed by atoms with E-state index in [9.17, 15) is 18.4 Å². The van der Waals surface area contributed by atoms with Crippen molar-refractivity contribution in [3.63, 3.8) is 0 Å². The molecule has 0 saturated carbocycles. The minimum Gasteiger partial charge on any atom is -0.455 e. The summed E-state index contributed by atoms with van der Waals surface area (Å²) < 4.78 is 31.4. The van der Waals surface area contributed by atoms with Gasteiger partial charge in [-0.15, -0.1) is 0 Å². The third-order valence-corrected chi connectivity index (χ3v) is 2.80. The normalized spacial score (nSPS) is 10.1. The van der Waals surface area contributed by atoms with Crippen LogP contribution >= 0.6 is 0 Å². The molecule has 0 fully saturated rings. The van der Waals surface area contributed by atoms with Gasteiger partial charge >= 0.3 is 5.97 Å². The highest BCUT2D eigenvalue weighted by Gasteiger charge is 2.12. The molecular formula is C16H13F2NO3. The number of amides is 1. The first kappa shape index (κ1) is 15.6. The Morgan fingerprint density at radius 1 is 0.955 bits per heavy atom. The molecule has 2 aromatic rings. The standard InChI is InChI=1S/C16H13F2NO3/c17-12-6-2-1-5-11(12)9-16(21)22-10-15(20)19-14-8-4-3-7-13(14)18/h1-8H,9-10H2,(H,19,20). The Bertz CT molecular complexity index is 629. The summed E-state index contributed by atoms with van der Waals surface area (Å²) in [6.45, 7) is -0.568. The molecule has 22 heavy (non-hydrogen) atoms. The van der Waals surface area contributed by atoms with Crippen LogP contribution in [0.3, 0.4) is 0 Å². The third kappa shape index (κ3) is 4.37. The maximum absolute atomic E-state index is 13.4. The fraction of sp³-hybridized carbons (Fsp3) is 0.125. The van der Waals surface area contributed by atoms with Crippen LogP contribution in [0, 0.1) is 11.6 Å². The number of para-hydroxylation sites is 1. The van der Waals surface area contributed by atoms with Crippen molar-refractivity contribution in [1.29, 1.82) is 0 Å². The molecule has 2 aromatic carbocycles. The van der Waals surface area contributed by atoms with Crippen LogP contribution in [0.1, 0.15) is 5.56 Å². The lowest BCUT2D eigenvalue weighted by Gasteiger charge is -2.07. The van der Waals surface area contributed by atoms with Gasteiger partial charge in [0.1, 0.15) is 11.6 Å². The number of benzene rings is 2. The van der Waals surface area contributed by atoms with Crippen molar-refractivity contribution in [3.8, 4) is 0 Å². The maximum Gasteiger partial charge on any atom is 0.310 e. The quantitative estimate of drug-likeness (QED) is 0.864. The van der Waals surface area contributed by atoms with Gasteiger partial charge in [-0.25, -0.2) is 8.78 Å². The summed E-state index contributed by atoms with van der Waals surface area (Å²) in [4.78, 5) is 23.1. The van der Waals surface area contributed by atoms with Crippen LogP contribution in [0.5, 0.6) is 0 Å². The largest absolute Gasteiger partial charge is 0.455 e. The van der Waals surface area contributed by atoms with Crippen LogP contribution < -0.4 is 5.32 Å². The summed E-state index contributed by atoms with van der Waals surface area (Å²) in [7, 11) is 0. The first-order valence-corrected chi connectivity index (χ1v) is 6.49. The lowest BCUT2D eigenvalue weighted by atomic mass is 10.1. The third-order valence-electron chi connectivity index (χ3n) is 2.80. The second-order valence-corrected chi connectivity index (χ2v) is 4.46. The molecule has 0 aliphatic rings. The van der Waals surface area contributed by atoms with Gasteiger partial charge in [-0.3, -0.25) is 9.59 Å². The smallest absolute Gasteiger partial charge is 0.310 e. The van der Waals surface area contributed by atoms with Crippen LogP contribution in [0.2, 0.25) is 0 Å². The van der Waals surface area contributed by atoms with E-state index in [2.05, 4.69) is 5.32 Å². The summed E-state index contributed by atoms with van der Waals surface area (Å²) in [6.07, 6.45) is -0.278. The number of hydrogen-bond donors (Lipinski definition) is 1. The number of carbonyl (C=O) groups is 2. The van der Waals surface area contributed by atoms with Crippen molar-refractivity contribution in [3.05, 3.63) is 65.7 Å². The molecule has 0 radical (unpaired) electrons. The van der Waals surface area contributed by atoms with Gasteiger partial charge in [0.2, 0.25) is 0 Å². The molecule has 0 aliphatic carbocycles. The topological polar surface area (TPSA) is 55.4 Å². The summed E-state index contributed by atoms with van der Waals surface area (Å²) >= 11 is 0. The van der Waals surface area contributed by atoms with Crippen LogP contribution in [-0.2, 0) is 20.7 Å². The van der Waals surface area contributed by atoms with Gasteiger partial charge in [0.05, 0.1) is 12.1 Å². The Labute approximate surface area is 125 Å². The van der Waals surface area contributed by atoms with Gasteiger partial charge in [-0.05, 0) is 23.8 Å². The molecule has 114 valence electrons. The van der Waals surface area contributed by atoms with Crippen molar-refractivity contribution in [2.75, 3.05) is 11.9 Å². The lowest BCUT2D eigenvalue weighted by Crippen LogP contribution is -2.22. The maximum atomic E-state index is 13.4. The second-order valence-electron chi connectivity index (χ2n) is 4.46.